The highest BCUT2D eigenvalue weighted by molar-refractivity contribution is 5.77. The first-order valence-corrected chi connectivity index (χ1v) is 6.05. The van der Waals surface area contributed by atoms with Crippen LogP contribution >= 0.6 is 0 Å². The monoisotopic (exact) mass is 216 g/mol. The summed E-state index contributed by atoms with van der Waals surface area (Å²) in [6.45, 7) is 0. The Balaban J connectivity index is 2.06. The second kappa shape index (κ2) is 3.81. The molecule has 2 heterocycles. The molecule has 3 nitrogen and oxygen atoms in total. The van der Waals surface area contributed by atoms with Crippen molar-refractivity contribution in [2.75, 3.05) is 0 Å². The lowest BCUT2D eigenvalue weighted by molar-refractivity contribution is -0.579. The maximum absolute atomic E-state index is 11.6. The van der Waals surface area contributed by atoms with Crippen LogP contribution in [0.1, 0.15) is 43.6 Å². The molecule has 2 aromatic rings. The molecule has 3 rings (SSSR count). The average molecular weight is 216 g/mol. The summed E-state index contributed by atoms with van der Waals surface area (Å²) in [6, 6.07) is 3.87. The number of aromatic nitrogens is 2. The fraction of sp³-hybridized carbons (Fsp3) is 0.462. The van der Waals surface area contributed by atoms with E-state index in [2.05, 4.69) is 4.98 Å². The predicted molar refractivity (Wildman–Crippen MR) is 63.1 cm³/mol. The first kappa shape index (κ1) is 9.70. The zero-order chi connectivity index (χ0) is 11.0. The summed E-state index contributed by atoms with van der Waals surface area (Å²) >= 11 is 0. The van der Waals surface area contributed by atoms with Gasteiger partial charge in [0.05, 0.1) is 17.8 Å². The van der Waals surface area contributed by atoms with Crippen LogP contribution in [0.25, 0.3) is 11.0 Å². The van der Waals surface area contributed by atoms with Crippen LogP contribution in [-0.2, 0) is 0 Å². The molecule has 0 atom stereocenters. The Bertz CT molecular complexity index is 498. The summed E-state index contributed by atoms with van der Waals surface area (Å²) in [5.74, 6) is 0.643. The third-order valence-corrected chi connectivity index (χ3v) is 3.68. The van der Waals surface area contributed by atoms with E-state index in [1.54, 1.807) is 6.20 Å². The van der Waals surface area contributed by atoms with Crippen molar-refractivity contribution in [1.29, 1.82) is 0 Å². The van der Waals surface area contributed by atoms with Gasteiger partial charge in [-0.3, -0.25) is 0 Å². The normalized spacial score (nSPS) is 18.0. The van der Waals surface area contributed by atoms with Gasteiger partial charge >= 0.3 is 0 Å². The van der Waals surface area contributed by atoms with Gasteiger partial charge in [-0.05, 0) is 30.9 Å². The van der Waals surface area contributed by atoms with E-state index in [0.29, 0.717) is 11.6 Å². The quantitative estimate of drug-likeness (QED) is 0.578. The van der Waals surface area contributed by atoms with Crippen LogP contribution in [0.3, 0.4) is 0 Å². The lowest BCUT2D eigenvalue weighted by Gasteiger charge is -2.20. The first-order valence-electron chi connectivity index (χ1n) is 6.05. The number of aromatic amines is 1. The second-order valence-electron chi connectivity index (χ2n) is 4.68. The highest BCUT2D eigenvalue weighted by Crippen LogP contribution is 2.35. The van der Waals surface area contributed by atoms with Crippen molar-refractivity contribution in [2.45, 2.75) is 38.0 Å². The summed E-state index contributed by atoms with van der Waals surface area (Å²) in [5.41, 5.74) is 2.03. The van der Waals surface area contributed by atoms with Gasteiger partial charge in [-0.15, -0.1) is 0 Å². The molecule has 1 saturated carbocycles. The lowest BCUT2D eigenvalue weighted by Crippen LogP contribution is -2.25. The van der Waals surface area contributed by atoms with E-state index in [1.807, 2.05) is 18.3 Å². The molecule has 0 radical (unpaired) electrons. The maximum Gasteiger partial charge on any atom is 0.289 e. The summed E-state index contributed by atoms with van der Waals surface area (Å²) in [6.07, 6.45) is 10.1. The Morgan fingerprint density at radius 2 is 2.06 bits per heavy atom. The molecule has 0 unspecified atom stereocenters. The summed E-state index contributed by atoms with van der Waals surface area (Å²) < 4.78 is 0.918. The number of pyridine rings is 1. The van der Waals surface area contributed by atoms with Crippen LogP contribution in [0.2, 0.25) is 0 Å². The Labute approximate surface area is 94.7 Å². The van der Waals surface area contributed by atoms with Crippen molar-refractivity contribution >= 4 is 11.0 Å². The molecule has 0 spiro atoms. The standard InChI is InChI=1S/C13H16N2O/c16-15-8-4-7-11-12(9-14-13(11)15)10-5-2-1-3-6-10/h4,7-10,14H,1-3,5-6H2. The van der Waals surface area contributed by atoms with Gasteiger partial charge < -0.3 is 5.21 Å². The highest BCUT2D eigenvalue weighted by Gasteiger charge is 2.21. The van der Waals surface area contributed by atoms with Gasteiger partial charge in [0.1, 0.15) is 0 Å². The Morgan fingerprint density at radius 1 is 1.25 bits per heavy atom. The average Bonchev–Trinajstić information content (AvgIpc) is 2.75. The molecule has 0 bridgehead atoms. The van der Waals surface area contributed by atoms with Crippen molar-refractivity contribution in [3.8, 4) is 0 Å². The van der Waals surface area contributed by atoms with Crippen LogP contribution in [0, 0.1) is 5.21 Å². The van der Waals surface area contributed by atoms with Crippen LogP contribution in [-0.4, -0.2) is 4.98 Å². The molecule has 3 heteroatoms. The van der Waals surface area contributed by atoms with Gasteiger partial charge in [0, 0.05) is 5.56 Å². The van der Waals surface area contributed by atoms with E-state index in [1.165, 1.54) is 37.7 Å². The Hall–Kier alpha value is -1.51. The molecule has 0 aliphatic heterocycles. The molecule has 1 aliphatic carbocycles. The zero-order valence-electron chi connectivity index (χ0n) is 9.28. The van der Waals surface area contributed by atoms with E-state index in [0.717, 1.165) is 10.1 Å². The molecule has 0 amide bonds. The minimum absolute atomic E-state index is 0.643. The summed E-state index contributed by atoms with van der Waals surface area (Å²) in [7, 11) is 0. The number of nitrogens with one attached hydrogen (secondary N) is 1. The van der Waals surface area contributed by atoms with Gasteiger partial charge in [-0.2, -0.15) is 0 Å². The van der Waals surface area contributed by atoms with E-state index in [4.69, 9.17) is 0 Å². The van der Waals surface area contributed by atoms with E-state index in [-0.39, 0.29) is 0 Å². The molecular weight excluding hydrogens is 200 g/mol. The topological polar surface area (TPSA) is 42.7 Å². The van der Waals surface area contributed by atoms with Crippen molar-refractivity contribution in [3.05, 3.63) is 35.3 Å². The molecule has 84 valence electrons. The third-order valence-electron chi connectivity index (χ3n) is 3.68. The third kappa shape index (κ3) is 1.47. The SMILES string of the molecule is [O-][n+]1cccc2c(C3CCCCC3)c[nH]c21. The smallest absolute Gasteiger partial charge is 0.289 e. The molecule has 0 saturated heterocycles. The second-order valence-corrected chi connectivity index (χ2v) is 4.68. The number of hydrogen-bond acceptors (Lipinski definition) is 1. The van der Waals surface area contributed by atoms with Crippen molar-refractivity contribution in [3.63, 3.8) is 0 Å². The van der Waals surface area contributed by atoms with Crippen molar-refractivity contribution in [2.24, 2.45) is 0 Å². The molecule has 2 aromatic heterocycles. The molecule has 1 aliphatic rings. The maximum atomic E-state index is 11.6. The summed E-state index contributed by atoms with van der Waals surface area (Å²) in [4.78, 5) is 3.10. The van der Waals surface area contributed by atoms with Crippen LogP contribution in [0.15, 0.2) is 24.5 Å². The number of hydrogen-bond donors (Lipinski definition) is 1. The molecule has 1 fully saturated rings. The highest BCUT2D eigenvalue weighted by atomic mass is 16.5. The predicted octanol–water partition coefficient (Wildman–Crippen LogP) is 2.85. The molecule has 16 heavy (non-hydrogen) atoms. The first-order chi connectivity index (χ1) is 7.86. The van der Waals surface area contributed by atoms with E-state index < -0.39 is 0 Å². The summed E-state index contributed by atoms with van der Waals surface area (Å²) in [5, 5.41) is 12.7. The van der Waals surface area contributed by atoms with Gasteiger partial charge in [-0.1, -0.05) is 19.3 Å². The van der Waals surface area contributed by atoms with Crippen LogP contribution in [0.5, 0.6) is 0 Å². The van der Waals surface area contributed by atoms with Gasteiger partial charge in [0.2, 0.25) is 0 Å². The number of H-pyrrole nitrogens is 1. The number of fused-ring (bicyclic) bond motifs is 1. The number of nitrogens with zero attached hydrogens (tertiary/aromatic N) is 1. The van der Waals surface area contributed by atoms with Crippen LogP contribution < -0.4 is 4.73 Å². The molecule has 0 aromatic carbocycles. The zero-order valence-corrected chi connectivity index (χ0v) is 9.28. The van der Waals surface area contributed by atoms with Gasteiger partial charge in [0.15, 0.2) is 0 Å². The Morgan fingerprint density at radius 3 is 2.88 bits per heavy atom. The Kier molecular flexibility index (Phi) is 2.31. The largest absolute Gasteiger partial charge is 0.711 e. The number of rotatable bonds is 1. The minimum atomic E-state index is 0.643. The van der Waals surface area contributed by atoms with Gasteiger partial charge in [0.25, 0.3) is 5.65 Å². The van der Waals surface area contributed by atoms with Crippen molar-refractivity contribution < 1.29 is 4.73 Å². The minimum Gasteiger partial charge on any atom is -0.711 e. The van der Waals surface area contributed by atoms with Gasteiger partial charge in [-0.25, -0.2) is 9.71 Å². The fourth-order valence-corrected chi connectivity index (χ4v) is 2.84. The fourth-order valence-electron chi connectivity index (χ4n) is 2.84. The van der Waals surface area contributed by atoms with Crippen molar-refractivity contribution in [1.82, 2.24) is 4.98 Å². The van der Waals surface area contributed by atoms with E-state index in [9.17, 15) is 5.21 Å². The van der Waals surface area contributed by atoms with Crippen LogP contribution in [0.4, 0.5) is 0 Å². The van der Waals surface area contributed by atoms with E-state index >= 15 is 0 Å². The molecular formula is C13H16N2O. The lowest BCUT2D eigenvalue weighted by atomic mass is 9.84. The molecule has 1 N–H and O–H groups in total.